The van der Waals surface area contributed by atoms with Gasteiger partial charge in [0.1, 0.15) is 11.6 Å². The van der Waals surface area contributed by atoms with Crippen molar-refractivity contribution in [2.75, 3.05) is 31.5 Å². The number of hydrogen-bond donors (Lipinski definition) is 2. The first kappa shape index (κ1) is 21.5. The lowest BCUT2D eigenvalue weighted by Crippen LogP contribution is -2.24. The first-order valence-electron chi connectivity index (χ1n) is 8.16. The third-order valence-corrected chi connectivity index (χ3v) is 4.29. The van der Waals surface area contributed by atoms with E-state index in [0.717, 1.165) is 18.2 Å². The monoisotopic (exact) mass is 410 g/mol. The van der Waals surface area contributed by atoms with E-state index in [2.05, 4.69) is 10.6 Å². The zero-order valence-electron chi connectivity index (χ0n) is 15.6. The van der Waals surface area contributed by atoms with E-state index in [9.17, 15) is 18.4 Å². The third-order valence-electron chi connectivity index (χ3n) is 3.74. The molecule has 0 fully saturated rings. The van der Waals surface area contributed by atoms with Crippen molar-refractivity contribution in [2.45, 2.75) is 6.54 Å². The molecule has 0 atom stereocenters. The molecule has 0 spiro atoms. The minimum Gasteiger partial charge on any atom is -0.493 e. The quantitative estimate of drug-likeness (QED) is 0.699. The molecule has 2 aromatic rings. The van der Waals surface area contributed by atoms with E-state index in [1.54, 1.807) is 6.26 Å². The highest BCUT2D eigenvalue weighted by Crippen LogP contribution is 2.36. The van der Waals surface area contributed by atoms with Crippen LogP contribution >= 0.6 is 11.8 Å². The van der Waals surface area contributed by atoms with Crippen LogP contribution in [-0.4, -0.2) is 38.0 Å². The lowest BCUT2D eigenvalue weighted by atomic mass is 10.1. The van der Waals surface area contributed by atoms with Crippen LogP contribution < -0.4 is 20.1 Å². The van der Waals surface area contributed by atoms with Crippen LogP contribution in [0.2, 0.25) is 0 Å². The maximum absolute atomic E-state index is 13.7. The highest BCUT2D eigenvalue weighted by atomic mass is 32.2. The summed E-state index contributed by atoms with van der Waals surface area (Å²) in [4.78, 5) is 24.4. The van der Waals surface area contributed by atoms with Crippen LogP contribution in [-0.2, 0) is 11.3 Å². The Morgan fingerprint density at radius 1 is 1.11 bits per heavy atom. The molecule has 28 heavy (non-hydrogen) atoms. The van der Waals surface area contributed by atoms with Crippen LogP contribution in [0.25, 0.3) is 0 Å². The van der Waals surface area contributed by atoms with E-state index in [1.165, 1.54) is 38.1 Å². The largest absolute Gasteiger partial charge is 0.493 e. The van der Waals surface area contributed by atoms with Gasteiger partial charge in [0.25, 0.3) is 5.91 Å². The van der Waals surface area contributed by atoms with E-state index < -0.39 is 17.5 Å². The highest BCUT2D eigenvalue weighted by Gasteiger charge is 2.18. The van der Waals surface area contributed by atoms with Crippen LogP contribution in [0.4, 0.5) is 14.5 Å². The summed E-state index contributed by atoms with van der Waals surface area (Å²) >= 11 is 1.34. The Kier molecular flexibility index (Phi) is 7.62. The Bertz CT molecular complexity index is 877. The molecule has 0 aliphatic rings. The summed E-state index contributed by atoms with van der Waals surface area (Å²) in [5.74, 6) is -1.32. The summed E-state index contributed by atoms with van der Waals surface area (Å²) < 4.78 is 37.5. The summed E-state index contributed by atoms with van der Waals surface area (Å²) in [6, 6.07) is 5.86. The van der Waals surface area contributed by atoms with Gasteiger partial charge in [0, 0.05) is 17.7 Å². The highest BCUT2D eigenvalue weighted by molar-refractivity contribution is 7.99. The Hall–Kier alpha value is -2.81. The molecule has 0 saturated carbocycles. The average Bonchev–Trinajstić information content (AvgIpc) is 2.67. The predicted molar refractivity (Wildman–Crippen MR) is 104 cm³/mol. The van der Waals surface area contributed by atoms with Crippen molar-refractivity contribution >= 4 is 29.3 Å². The second kappa shape index (κ2) is 9.93. The number of thioether (sulfide) groups is 1. The summed E-state index contributed by atoms with van der Waals surface area (Å²) in [5.41, 5.74) is 0.444. The van der Waals surface area contributed by atoms with Crippen LogP contribution in [0.15, 0.2) is 30.3 Å². The Morgan fingerprint density at radius 2 is 1.86 bits per heavy atom. The smallest absolute Gasteiger partial charge is 0.251 e. The van der Waals surface area contributed by atoms with Crippen molar-refractivity contribution in [3.8, 4) is 11.5 Å². The fourth-order valence-corrected chi connectivity index (χ4v) is 2.80. The number of ether oxygens (including phenoxy) is 2. The van der Waals surface area contributed by atoms with Gasteiger partial charge in [-0.15, -0.1) is 0 Å². The van der Waals surface area contributed by atoms with Crippen LogP contribution in [0, 0.1) is 11.6 Å². The van der Waals surface area contributed by atoms with E-state index in [1.807, 2.05) is 0 Å². The van der Waals surface area contributed by atoms with E-state index in [0.29, 0.717) is 0 Å². The molecule has 0 unspecified atom stereocenters. The molecular formula is C19H20F2N2O4S. The van der Waals surface area contributed by atoms with Crippen LogP contribution in [0.1, 0.15) is 15.9 Å². The third kappa shape index (κ3) is 5.35. The van der Waals surface area contributed by atoms with Gasteiger partial charge in [-0.3, -0.25) is 9.59 Å². The van der Waals surface area contributed by atoms with Gasteiger partial charge in [0.15, 0.2) is 11.5 Å². The molecule has 2 N–H and O–H groups in total. The zero-order valence-corrected chi connectivity index (χ0v) is 16.4. The molecule has 0 bridgehead atoms. The second-order valence-electron chi connectivity index (χ2n) is 5.66. The molecule has 2 amide bonds. The van der Waals surface area contributed by atoms with E-state index >= 15 is 0 Å². The number of amides is 2. The number of hydrogen-bond acceptors (Lipinski definition) is 5. The summed E-state index contributed by atoms with van der Waals surface area (Å²) in [6.07, 6.45) is 1.78. The first-order chi connectivity index (χ1) is 13.4. The van der Waals surface area contributed by atoms with Gasteiger partial charge in [0.2, 0.25) is 5.91 Å². The fraction of sp³-hybridized carbons (Fsp3) is 0.263. The van der Waals surface area contributed by atoms with Gasteiger partial charge in [-0.05, 0) is 36.6 Å². The minimum absolute atomic E-state index is 0.0160. The van der Waals surface area contributed by atoms with Crippen molar-refractivity contribution < 1.29 is 27.8 Å². The maximum Gasteiger partial charge on any atom is 0.251 e. The lowest BCUT2D eigenvalue weighted by molar-refractivity contribution is -0.113. The summed E-state index contributed by atoms with van der Waals surface area (Å²) in [6.45, 7) is -0.203. The van der Waals surface area contributed by atoms with Crippen LogP contribution in [0.3, 0.4) is 0 Å². The number of benzene rings is 2. The van der Waals surface area contributed by atoms with Crippen LogP contribution in [0.5, 0.6) is 11.5 Å². The molecule has 2 rings (SSSR count). The standard InChI is InChI=1S/C19H20F2N2O4S/c1-26-16-8-11(7-15(18(16)27-2)23-17(24)10-28-3)19(25)22-9-12-6-13(20)4-5-14(12)21/h4-8H,9-10H2,1-3H3,(H,22,25)(H,23,24). The Morgan fingerprint density at radius 3 is 2.50 bits per heavy atom. The van der Waals surface area contributed by atoms with Crippen molar-refractivity contribution in [1.82, 2.24) is 5.32 Å². The number of carbonyl (C=O) groups is 2. The molecular weight excluding hydrogens is 390 g/mol. The normalized spacial score (nSPS) is 10.3. The molecule has 9 heteroatoms. The number of halogens is 2. The first-order valence-corrected chi connectivity index (χ1v) is 9.56. The lowest BCUT2D eigenvalue weighted by Gasteiger charge is -2.16. The van der Waals surface area contributed by atoms with Crippen molar-refractivity contribution in [3.05, 3.63) is 53.1 Å². The predicted octanol–water partition coefficient (Wildman–Crippen LogP) is 3.21. The van der Waals surface area contributed by atoms with Gasteiger partial charge in [0.05, 0.1) is 25.7 Å². The molecule has 0 aromatic heterocycles. The SMILES string of the molecule is COc1cc(C(=O)NCc2cc(F)ccc2F)cc(NC(=O)CSC)c1OC. The average molecular weight is 410 g/mol. The molecule has 150 valence electrons. The number of nitrogens with one attached hydrogen (secondary N) is 2. The number of carbonyl (C=O) groups excluding carboxylic acids is 2. The Balaban J connectivity index is 2.26. The summed E-state index contributed by atoms with van der Waals surface area (Å²) in [5, 5.41) is 5.19. The molecule has 0 saturated heterocycles. The number of anilines is 1. The number of rotatable bonds is 8. The van der Waals surface area contributed by atoms with Gasteiger partial charge in [-0.1, -0.05) is 0 Å². The molecule has 0 aliphatic carbocycles. The summed E-state index contributed by atoms with van der Waals surface area (Å²) in [7, 11) is 2.81. The van der Waals surface area contributed by atoms with Gasteiger partial charge in [-0.25, -0.2) is 8.78 Å². The zero-order chi connectivity index (χ0) is 20.7. The second-order valence-corrected chi connectivity index (χ2v) is 6.52. The van der Waals surface area contributed by atoms with Crippen molar-refractivity contribution in [2.24, 2.45) is 0 Å². The van der Waals surface area contributed by atoms with Gasteiger partial charge >= 0.3 is 0 Å². The molecule has 2 aromatic carbocycles. The molecule has 6 nitrogen and oxygen atoms in total. The Labute approximate surface area is 165 Å². The van der Waals surface area contributed by atoms with E-state index in [4.69, 9.17) is 9.47 Å². The number of methoxy groups -OCH3 is 2. The minimum atomic E-state index is -0.626. The van der Waals surface area contributed by atoms with Crippen molar-refractivity contribution in [3.63, 3.8) is 0 Å². The van der Waals surface area contributed by atoms with Crippen molar-refractivity contribution in [1.29, 1.82) is 0 Å². The molecule has 0 aliphatic heterocycles. The fourth-order valence-electron chi connectivity index (χ4n) is 2.46. The topological polar surface area (TPSA) is 76.7 Å². The van der Waals surface area contributed by atoms with Gasteiger partial charge < -0.3 is 20.1 Å². The maximum atomic E-state index is 13.7. The molecule has 0 heterocycles. The van der Waals surface area contributed by atoms with E-state index in [-0.39, 0.29) is 46.5 Å². The van der Waals surface area contributed by atoms with Gasteiger partial charge in [-0.2, -0.15) is 11.8 Å². The molecule has 0 radical (unpaired) electrons.